The van der Waals surface area contributed by atoms with E-state index >= 15 is 0 Å². The number of likely N-dealkylation sites (tertiary alicyclic amines) is 1. The maximum Gasteiger partial charge on any atom is 0.320 e. The predicted molar refractivity (Wildman–Crippen MR) is 84.6 cm³/mol. The van der Waals surface area contributed by atoms with E-state index in [1.54, 1.807) is 12.4 Å². The SMILES string of the molecule is Cc1ccc(C(c2ccncc2)N2CCCC2C(=O)O)cc1. The standard InChI is InChI=1S/C18H20N2O2/c1-13-4-6-14(7-5-13)17(15-8-10-19-11-9-15)20-12-2-3-16(20)18(21)22/h4-11,16-17H,2-3,12H2,1H3,(H,21,22). The number of aliphatic carboxylic acids is 1. The molecule has 0 saturated carbocycles. The van der Waals surface area contributed by atoms with Gasteiger partial charge in [0.15, 0.2) is 0 Å². The average molecular weight is 296 g/mol. The molecule has 1 aromatic heterocycles. The van der Waals surface area contributed by atoms with Crippen LogP contribution in [0, 0.1) is 6.92 Å². The van der Waals surface area contributed by atoms with Gasteiger partial charge < -0.3 is 5.11 Å². The molecular weight excluding hydrogens is 276 g/mol. The third kappa shape index (κ3) is 2.88. The lowest BCUT2D eigenvalue weighted by Gasteiger charge is -2.32. The van der Waals surface area contributed by atoms with E-state index in [9.17, 15) is 9.90 Å². The summed E-state index contributed by atoms with van der Waals surface area (Å²) in [5.74, 6) is -0.733. The van der Waals surface area contributed by atoms with Crippen molar-refractivity contribution in [1.82, 2.24) is 9.88 Å². The number of carboxylic acid groups (broad SMARTS) is 1. The zero-order chi connectivity index (χ0) is 15.5. The van der Waals surface area contributed by atoms with E-state index in [0.29, 0.717) is 6.42 Å². The van der Waals surface area contributed by atoms with E-state index < -0.39 is 12.0 Å². The lowest BCUT2D eigenvalue weighted by Crippen LogP contribution is -2.39. The lowest BCUT2D eigenvalue weighted by atomic mass is 9.96. The molecule has 3 rings (SSSR count). The van der Waals surface area contributed by atoms with Crippen LogP contribution in [0.25, 0.3) is 0 Å². The van der Waals surface area contributed by atoms with E-state index in [2.05, 4.69) is 41.1 Å². The first-order valence-electron chi connectivity index (χ1n) is 7.62. The quantitative estimate of drug-likeness (QED) is 0.942. The van der Waals surface area contributed by atoms with Crippen LogP contribution in [0.5, 0.6) is 0 Å². The largest absolute Gasteiger partial charge is 0.480 e. The van der Waals surface area contributed by atoms with E-state index in [4.69, 9.17) is 0 Å². The summed E-state index contributed by atoms with van der Waals surface area (Å²) in [6, 6.07) is 11.8. The molecule has 1 aliphatic rings. The summed E-state index contributed by atoms with van der Waals surface area (Å²) in [4.78, 5) is 17.8. The van der Waals surface area contributed by atoms with Crippen molar-refractivity contribution in [3.8, 4) is 0 Å². The number of carboxylic acids is 1. The van der Waals surface area contributed by atoms with Crippen LogP contribution in [0.1, 0.15) is 35.6 Å². The monoisotopic (exact) mass is 296 g/mol. The van der Waals surface area contributed by atoms with Gasteiger partial charge in [-0.2, -0.15) is 0 Å². The molecule has 22 heavy (non-hydrogen) atoms. The molecule has 4 nitrogen and oxygen atoms in total. The highest BCUT2D eigenvalue weighted by Gasteiger charge is 2.36. The molecule has 4 heteroatoms. The van der Waals surface area contributed by atoms with Crippen molar-refractivity contribution >= 4 is 5.97 Å². The second-order valence-corrected chi connectivity index (χ2v) is 5.83. The number of benzene rings is 1. The van der Waals surface area contributed by atoms with Crippen LogP contribution in [0.3, 0.4) is 0 Å². The molecule has 2 atom stereocenters. The molecule has 0 amide bonds. The minimum atomic E-state index is -0.733. The van der Waals surface area contributed by atoms with Crippen molar-refractivity contribution in [2.24, 2.45) is 0 Å². The highest BCUT2D eigenvalue weighted by atomic mass is 16.4. The van der Waals surface area contributed by atoms with Gasteiger partial charge in [-0.05, 0) is 43.0 Å². The summed E-state index contributed by atoms with van der Waals surface area (Å²) < 4.78 is 0. The highest BCUT2D eigenvalue weighted by Crippen LogP contribution is 2.34. The Kier molecular flexibility index (Phi) is 4.20. The van der Waals surface area contributed by atoms with Gasteiger partial charge in [0.25, 0.3) is 0 Å². The number of aromatic nitrogens is 1. The normalized spacial score (nSPS) is 20.0. The Hall–Kier alpha value is -2.20. The molecule has 114 valence electrons. The smallest absolute Gasteiger partial charge is 0.320 e. The minimum absolute atomic E-state index is 0.0350. The van der Waals surface area contributed by atoms with Crippen molar-refractivity contribution in [1.29, 1.82) is 0 Å². The fourth-order valence-electron chi connectivity index (χ4n) is 3.23. The van der Waals surface area contributed by atoms with Gasteiger partial charge in [0, 0.05) is 18.9 Å². The number of hydrogen-bond donors (Lipinski definition) is 1. The molecule has 0 bridgehead atoms. The zero-order valence-corrected chi connectivity index (χ0v) is 12.6. The van der Waals surface area contributed by atoms with Crippen LogP contribution in [0.15, 0.2) is 48.8 Å². The Morgan fingerprint density at radius 1 is 1.18 bits per heavy atom. The van der Waals surface area contributed by atoms with Gasteiger partial charge in [-0.25, -0.2) is 0 Å². The molecule has 2 aromatic rings. The van der Waals surface area contributed by atoms with Gasteiger partial charge in [0.1, 0.15) is 6.04 Å². The maximum atomic E-state index is 11.6. The lowest BCUT2D eigenvalue weighted by molar-refractivity contribution is -0.142. The topological polar surface area (TPSA) is 53.4 Å². The summed E-state index contributed by atoms with van der Waals surface area (Å²) in [6.45, 7) is 2.86. The fourth-order valence-corrected chi connectivity index (χ4v) is 3.23. The molecule has 0 radical (unpaired) electrons. The summed E-state index contributed by atoms with van der Waals surface area (Å²) in [5.41, 5.74) is 3.42. The Morgan fingerprint density at radius 3 is 2.45 bits per heavy atom. The van der Waals surface area contributed by atoms with Gasteiger partial charge >= 0.3 is 5.97 Å². The fraction of sp³-hybridized carbons (Fsp3) is 0.333. The minimum Gasteiger partial charge on any atom is -0.480 e. The second-order valence-electron chi connectivity index (χ2n) is 5.83. The van der Waals surface area contributed by atoms with Crippen LogP contribution < -0.4 is 0 Å². The van der Waals surface area contributed by atoms with E-state index in [1.807, 2.05) is 12.1 Å². The van der Waals surface area contributed by atoms with Crippen LogP contribution in [0.2, 0.25) is 0 Å². The van der Waals surface area contributed by atoms with Gasteiger partial charge in [-0.3, -0.25) is 14.7 Å². The number of pyridine rings is 1. The van der Waals surface area contributed by atoms with Gasteiger partial charge in [0.2, 0.25) is 0 Å². The molecule has 1 aliphatic heterocycles. The molecule has 1 N–H and O–H groups in total. The summed E-state index contributed by atoms with van der Waals surface area (Å²) in [7, 11) is 0. The predicted octanol–water partition coefficient (Wildman–Crippen LogP) is 3.03. The zero-order valence-electron chi connectivity index (χ0n) is 12.6. The van der Waals surface area contributed by atoms with Crippen LogP contribution in [-0.4, -0.2) is 33.5 Å². The molecule has 2 heterocycles. The van der Waals surface area contributed by atoms with Gasteiger partial charge in [-0.1, -0.05) is 29.8 Å². The van der Waals surface area contributed by atoms with Crippen LogP contribution >= 0.6 is 0 Å². The van der Waals surface area contributed by atoms with Gasteiger partial charge in [-0.15, -0.1) is 0 Å². The first kappa shape index (κ1) is 14.7. The average Bonchev–Trinajstić information content (AvgIpc) is 3.00. The molecular formula is C18H20N2O2. The summed E-state index contributed by atoms with van der Waals surface area (Å²) >= 11 is 0. The molecule has 1 fully saturated rings. The van der Waals surface area contributed by atoms with Crippen molar-refractivity contribution in [3.05, 3.63) is 65.5 Å². The Balaban J connectivity index is 2.03. The first-order chi connectivity index (χ1) is 10.7. The van der Waals surface area contributed by atoms with E-state index in [1.165, 1.54) is 5.56 Å². The van der Waals surface area contributed by atoms with Crippen molar-refractivity contribution in [2.75, 3.05) is 6.54 Å². The number of hydrogen-bond acceptors (Lipinski definition) is 3. The Bertz CT molecular complexity index is 640. The maximum absolute atomic E-state index is 11.6. The Morgan fingerprint density at radius 2 is 1.82 bits per heavy atom. The van der Waals surface area contributed by atoms with E-state index in [-0.39, 0.29) is 6.04 Å². The highest BCUT2D eigenvalue weighted by molar-refractivity contribution is 5.74. The number of rotatable bonds is 4. The first-order valence-corrected chi connectivity index (χ1v) is 7.62. The van der Waals surface area contributed by atoms with Crippen LogP contribution in [-0.2, 0) is 4.79 Å². The molecule has 1 saturated heterocycles. The van der Waals surface area contributed by atoms with E-state index in [0.717, 1.165) is 24.1 Å². The number of nitrogens with zero attached hydrogens (tertiary/aromatic N) is 2. The third-order valence-electron chi connectivity index (χ3n) is 4.33. The summed E-state index contributed by atoms with van der Waals surface area (Å²) in [5, 5.41) is 9.52. The molecule has 0 aliphatic carbocycles. The number of carbonyl (C=O) groups is 1. The van der Waals surface area contributed by atoms with Gasteiger partial charge in [0.05, 0.1) is 6.04 Å². The van der Waals surface area contributed by atoms with Crippen molar-refractivity contribution < 1.29 is 9.90 Å². The van der Waals surface area contributed by atoms with Crippen molar-refractivity contribution in [2.45, 2.75) is 31.8 Å². The van der Waals surface area contributed by atoms with Crippen LogP contribution in [0.4, 0.5) is 0 Å². The Labute approximate surface area is 130 Å². The second kappa shape index (κ2) is 6.28. The third-order valence-corrected chi connectivity index (χ3v) is 4.33. The number of aryl methyl sites for hydroxylation is 1. The molecule has 1 aromatic carbocycles. The molecule has 2 unspecified atom stereocenters. The van der Waals surface area contributed by atoms with Crippen molar-refractivity contribution in [3.63, 3.8) is 0 Å². The molecule has 0 spiro atoms. The summed E-state index contributed by atoms with van der Waals surface area (Å²) in [6.07, 6.45) is 5.16.